The third-order valence-electron chi connectivity index (χ3n) is 2.54. The van der Waals surface area contributed by atoms with E-state index in [0.717, 1.165) is 5.56 Å². The summed E-state index contributed by atoms with van der Waals surface area (Å²) >= 11 is 0. The molecule has 0 aliphatic carbocycles. The first kappa shape index (κ1) is 12.8. The van der Waals surface area contributed by atoms with Crippen LogP contribution >= 0.6 is 0 Å². The molecule has 0 aliphatic rings. The van der Waals surface area contributed by atoms with E-state index in [-0.39, 0.29) is 5.91 Å². The van der Waals surface area contributed by atoms with Gasteiger partial charge in [-0.2, -0.15) is 5.10 Å². The zero-order valence-corrected chi connectivity index (χ0v) is 10.5. The number of ether oxygens (including phenoxy) is 1. The highest BCUT2D eigenvalue weighted by Gasteiger charge is 2.02. The fourth-order valence-electron chi connectivity index (χ4n) is 1.59. The van der Waals surface area contributed by atoms with E-state index in [1.165, 1.54) is 0 Å². The van der Waals surface area contributed by atoms with Gasteiger partial charge in [0.25, 0.3) is 5.91 Å². The molecule has 0 fully saturated rings. The molecule has 4 heteroatoms. The maximum absolute atomic E-state index is 11.7. The van der Waals surface area contributed by atoms with E-state index >= 15 is 0 Å². The second kappa shape index (κ2) is 6.35. The summed E-state index contributed by atoms with van der Waals surface area (Å²) < 4.78 is 5.18. The van der Waals surface area contributed by atoms with Crippen LogP contribution in [0.25, 0.3) is 0 Å². The normalized spacial score (nSPS) is 10.4. The number of carbonyl (C=O) groups is 1. The summed E-state index contributed by atoms with van der Waals surface area (Å²) in [5.74, 6) is 0.465. The van der Waals surface area contributed by atoms with Gasteiger partial charge in [-0.1, -0.05) is 30.3 Å². The molecule has 0 saturated carbocycles. The maximum atomic E-state index is 11.7. The number of rotatable bonds is 4. The monoisotopic (exact) mass is 254 g/mol. The molecule has 96 valence electrons. The molecule has 0 radical (unpaired) electrons. The van der Waals surface area contributed by atoms with Crippen LogP contribution in [-0.2, 0) is 0 Å². The highest BCUT2D eigenvalue weighted by molar-refractivity contribution is 5.95. The second-order valence-corrected chi connectivity index (χ2v) is 3.81. The van der Waals surface area contributed by atoms with Crippen LogP contribution in [-0.4, -0.2) is 19.2 Å². The van der Waals surface area contributed by atoms with E-state index in [9.17, 15) is 4.79 Å². The second-order valence-electron chi connectivity index (χ2n) is 3.81. The number of amides is 1. The average Bonchev–Trinajstić information content (AvgIpc) is 2.48. The standard InChI is InChI=1S/C15H14N2O2/c1-19-14-10-6-5-9-13(14)11-16-17-15(18)12-7-3-2-4-8-12/h2-11H,1H3,(H,17,18). The quantitative estimate of drug-likeness (QED) is 0.673. The molecule has 1 amide bonds. The van der Waals surface area contributed by atoms with Gasteiger partial charge in [0.15, 0.2) is 0 Å². The minimum absolute atomic E-state index is 0.244. The van der Waals surface area contributed by atoms with Gasteiger partial charge in [-0.25, -0.2) is 5.43 Å². The van der Waals surface area contributed by atoms with Gasteiger partial charge in [-0.15, -0.1) is 0 Å². The molecule has 0 spiro atoms. The van der Waals surface area contributed by atoms with Crippen LogP contribution in [0, 0.1) is 0 Å². The predicted octanol–water partition coefficient (Wildman–Crippen LogP) is 2.46. The maximum Gasteiger partial charge on any atom is 0.271 e. The summed E-state index contributed by atoms with van der Waals surface area (Å²) in [6, 6.07) is 16.4. The van der Waals surface area contributed by atoms with Gasteiger partial charge < -0.3 is 4.74 Å². The molecule has 0 heterocycles. The van der Waals surface area contributed by atoms with Gasteiger partial charge in [-0.3, -0.25) is 4.79 Å². The summed E-state index contributed by atoms with van der Waals surface area (Å²) in [7, 11) is 1.59. The summed E-state index contributed by atoms with van der Waals surface area (Å²) in [6.45, 7) is 0. The molecular formula is C15H14N2O2. The van der Waals surface area contributed by atoms with Crippen molar-refractivity contribution in [2.75, 3.05) is 7.11 Å². The molecule has 0 aromatic heterocycles. The van der Waals surface area contributed by atoms with Crippen molar-refractivity contribution in [2.45, 2.75) is 0 Å². The van der Waals surface area contributed by atoms with E-state index in [2.05, 4.69) is 10.5 Å². The van der Waals surface area contributed by atoms with Crippen molar-refractivity contribution in [3.8, 4) is 5.75 Å². The molecule has 2 aromatic rings. The smallest absolute Gasteiger partial charge is 0.271 e. The van der Waals surface area contributed by atoms with Gasteiger partial charge in [0.1, 0.15) is 5.75 Å². The lowest BCUT2D eigenvalue weighted by atomic mass is 10.2. The van der Waals surface area contributed by atoms with Gasteiger partial charge >= 0.3 is 0 Å². The predicted molar refractivity (Wildman–Crippen MR) is 74.5 cm³/mol. The summed E-state index contributed by atoms with van der Waals surface area (Å²) in [6.07, 6.45) is 1.56. The highest BCUT2D eigenvalue weighted by Crippen LogP contribution is 2.14. The van der Waals surface area contributed by atoms with Crippen molar-refractivity contribution in [1.82, 2.24) is 5.43 Å². The number of nitrogens with zero attached hydrogens (tertiary/aromatic N) is 1. The Balaban J connectivity index is 2.02. The van der Waals surface area contributed by atoms with Crippen LogP contribution in [0.1, 0.15) is 15.9 Å². The Bertz CT molecular complexity index is 580. The highest BCUT2D eigenvalue weighted by atomic mass is 16.5. The van der Waals surface area contributed by atoms with E-state index in [1.54, 1.807) is 37.6 Å². The molecule has 0 aliphatic heterocycles. The average molecular weight is 254 g/mol. The largest absolute Gasteiger partial charge is 0.496 e. The molecule has 2 aromatic carbocycles. The zero-order valence-electron chi connectivity index (χ0n) is 10.5. The van der Waals surface area contributed by atoms with Crippen molar-refractivity contribution in [3.63, 3.8) is 0 Å². The number of hydrazone groups is 1. The van der Waals surface area contributed by atoms with Crippen molar-refractivity contribution in [3.05, 3.63) is 65.7 Å². The number of benzene rings is 2. The molecule has 2 rings (SSSR count). The number of hydrogen-bond acceptors (Lipinski definition) is 3. The lowest BCUT2D eigenvalue weighted by Gasteiger charge is -2.03. The Kier molecular flexibility index (Phi) is 4.29. The third kappa shape index (κ3) is 3.42. The Morgan fingerprint density at radius 1 is 1.11 bits per heavy atom. The van der Waals surface area contributed by atoms with Crippen molar-refractivity contribution in [1.29, 1.82) is 0 Å². The molecule has 1 N–H and O–H groups in total. The summed E-state index contributed by atoms with van der Waals surface area (Å²) in [5.41, 5.74) is 3.85. The SMILES string of the molecule is COc1ccccc1C=NNC(=O)c1ccccc1. The van der Waals surface area contributed by atoms with Crippen molar-refractivity contribution < 1.29 is 9.53 Å². The number of carbonyl (C=O) groups excluding carboxylic acids is 1. The Labute approximate surface area is 111 Å². The van der Waals surface area contributed by atoms with E-state index in [4.69, 9.17) is 4.74 Å². The molecule has 4 nitrogen and oxygen atoms in total. The van der Waals surface area contributed by atoms with Gasteiger partial charge in [0.2, 0.25) is 0 Å². The van der Waals surface area contributed by atoms with Crippen LogP contribution < -0.4 is 10.2 Å². The van der Waals surface area contributed by atoms with E-state index in [0.29, 0.717) is 11.3 Å². The Morgan fingerprint density at radius 3 is 2.53 bits per heavy atom. The molecular weight excluding hydrogens is 240 g/mol. The number of para-hydroxylation sites is 1. The number of nitrogens with one attached hydrogen (secondary N) is 1. The minimum Gasteiger partial charge on any atom is -0.496 e. The topological polar surface area (TPSA) is 50.7 Å². The van der Waals surface area contributed by atoms with Gasteiger partial charge in [-0.05, 0) is 24.3 Å². The van der Waals surface area contributed by atoms with Crippen molar-refractivity contribution >= 4 is 12.1 Å². The number of hydrogen-bond donors (Lipinski definition) is 1. The molecule has 19 heavy (non-hydrogen) atoms. The number of methoxy groups -OCH3 is 1. The van der Waals surface area contributed by atoms with Crippen molar-refractivity contribution in [2.24, 2.45) is 5.10 Å². The van der Waals surface area contributed by atoms with Crippen LogP contribution in [0.5, 0.6) is 5.75 Å². The Hall–Kier alpha value is -2.62. The van der Waals surface area contributed by atoms with Crippen LogP contribution in [0.2, 0.25) is 0 Å². The van der Waals surface area contributed by atoms with E-state index in [1.807, 2.05) is 30.3 Å². The summed E-state index contributed by atoms with van der Waals surface area (Å²) in [4.78, 5) is 11.7. The van der Waals surface area contributed by atoms with Gasteiger partial charge in [0, 0.05) is 11.1 Å². The third-order valence-corrected chi connectivity index (χ3v) is 2.54. The summed E-state index contributed by atoms with van der Waals surface area (Å²) in [5, 5.41) is 3.92. The minimum atomic E-state index is -0.244. The fourth-order valence-corrected chi connectivity index (χ4v) is 1.59. The first-order chi connectivity index (χ1) is 9.31. The van der Waals surface area contributed by atoms with E-state index < -0.39 is 0 Å². The lowest BCUT2D eigenvalue weighted by Crippen LogP contribution is -2.17. The lowest BCUT2D eigenvalue weighted by molar-refractivity contribution is 0.0955. The zero-order chi connectivity index (χ0) is 13.5. The van der Waals surface area contributed by atoms with Crippen LogP contribution in [0.3, 0.4) is 0 Å². The first-order valence-electron chi connectivity index (χ1n) is 5.83. The fraction of sp³-hybridized carbons (Fsp3) is 0.0667. The molecule has 0 unspecified atom stereocenters. The molecule has 0 bridgehead atoms. The van der Waals surface area contributed by atoms with Crippen LogP contribution in [0.15, 0.2) is 59.7 Å². The molecule has 0 saturated heterocycles. The first-order valence-corrected chi connectivity index (χ1v) is 5.83. The molecule has 0 atom stereocenters. The van der Waals surface area contributed by atoms with Crippen LogP contribution in [0.4, 0.5) is 0 Å². The van der Waals surface area contributed by atoms with Gasteiger partial charge in [0.05, 0.1) is 13.3 Å². The Morgan fingerprint density at radius 2 is 1.79 bits per heavy atom.